The summed E-state index contributed by atoms with van der Waals surface area (Å²) in [5.74, 6) is 0.698. The molecule has 2 aromatic heterocycles. The standard InChI is InChI=1S/C30H31N3O5S/c1-38-26-12-9-22(19-34)15-24(26)18-32-25-13-14-39-27(25)29(36)33(30(32)37)17-21-7-10-23(11-8-21)28(35)31-16-20-5-3-2-4-6-20/h2-6,9,12-15,19,21,23H,7-8,10-11,16-18H2,1H3,(H,31,35). The molecule has 0 saturated heterocycles. The third-order valence-corrected chi connectivity index (χ3v) is 8.46. The van der Waals surface area contributed by atoms with Crippen molar-refractivity contribution in [3.05, 3.63) is 97.5 Å². The highest BCUT2D eigenvalue weighted by molar-refractivity contribution is 7.17. The van der Waals surface area contributed by atoms with E-state index in [1.54, 1.807) is 35.9 Å². The van der Waals surface area contributed by atoms with Gasteiger partial charge in [-0.05, 0) is 66.8 Å². The number of amides is 1. The van der Waals surface area contributed by atoms with E-state index >= 15 is 0 Å². The smallest absolute Gasteiger partial charge is 0.331 e. The highest BCUT2D eigenvalue weighted by Gasteiger charge is 2.27. The molecule has 1 amide bonds. The Kier molecular flexibility index (Phi) is 8.07. The van der Waals surface area contributed by atoms with Crippen LogP contribution in [0.4, 0.5) is 0 Å². The van der Waals surface area contributed by atoms with Gasteiger partial charge in [0.25, 0.3) is 5.56 Å². The van der Waals surface area contributed by atoms with Crippen LogP contribution in [0.1, 0.15) is 47.2 Å². The van der Waals surface area contributed by atoms with Gasteiger partial charge in [-0.3, -0.25) is 23.5 Å². The van der Waals surface area contributed by atoms with Crippen LogP contribution in [0.5, 0.6) is 5.75 Å². The molecule has 0 radical (unpaired) electrons. The second kappa shape index (κ2) is 11.8. The molecule has 0 spiro atoms. The number of thiophene rings is 1. The van der Waals surface area contributed by atoms with E-state index < -0.39 is 0 Å². The number of benzene rings is 2. The Balaban J connectivity index is 1.32. The number of ether oxygens (including phenoxy) is 1. The molecule has 1 aliphatic rings. The molecule has 8 nitrogen and oxygen atoms in total. The lowest BCUT2D eigenvalue weighted by Crippen LogP contribution is -2.42. The maximum Gasteiger partial charge on any atom is 0.331 e. The highest BCUT2D eigenvalue weighted by atomic mass is 32.1. The number of hydrogen-bond donors (Lipinski definition) is 1. The van der Waals surface area contributed by atoms with Gasteiger partial charge in [0.2, 0.25) is 5.91 Å². The number of aromatic nitrogens is 2. The topological polar surface area (TPSA) is 99.4 Å². The van der Waals surface area contributed by atoms with E-state index in [-0.39, 0.29) is 35.5 Å². The van der Waals surface area contributed by atoms with Crippen LogP contribution in [-0.4, -0.2) is 28.4 Å². The van der Waals surface area contributed by atoms with Crippen LogP contribution >= 0.6 is 11.3 Å². The fraction of sp³-hybridized carbons (Fsp3) is 0.333. The Bertz CT molecular complexity index is 1600. The van der Waals surface area contributed by atoms with Crippen LogP contribution in [0.15, 0.2) is 69.6 Å². The highest BCUT2D eigenvalue weighted by Crippen LogP contribution is 2.30. The SMILES string of the molecule is COc1ccc(C=O)cc1Cn1c(=O)n(CC2CCC(C(=O)NCc3ccccc3)CC2)c(=O)c2sccc21. The molecule has 1 saturated carbocycles. The van der Waals surface area contributed by atoms with Crippen LogP contribution < -0.4 is 21.3 Å². The van der Waals surface area contributed by atoms with Gasteiger partial charge >= 0.3 is 5.69 Å². The Morgan fingerprint density at radius 3 is 2.54 bits per heavy atom. The van der Waals surface area contributed by atoms with Crippen LogP contribution in [0.25, 0.3) is 10.2 Å². The third kappa shape index (κ3) is 5.73. The van der Waals surface area contributed by atoms with Crippen molar-refractivity contribution < 1.29 is 14.3 Å². The number of rotatable bonds is 9. The first-order valence-corrected chi connectivity index (χ1v) is 14.0. The van der Waals surface area contributed by atoms with Crippen molar-refractivity contribution in [2.24, 2.45) is 11.8 Å². The summed E-state index contributed by atoms with van der Waals surface area (Å²) < 4.78 is 8.92. The molecular weight excluding hydrogens is 514 g/mol. The van der Waals surface area contributed by atoms with Gasteiger partial charge in [0.05, 0.1) is 19.2 Å². The lowest BCUT2D eigenvalue weighted by atomic mass is 9.81. The van der Waals surface area contributed by atoms with Gasteiger partial charge in [-0.1, -0.05) is 30.3 Å². The predicted octanol–water partition coefficient (Wildman–Crippen LogP) is 4.22. The van der Waals surface area contributed by atoms with Crippen LogP contribution in [0, 0.1) is 11.8 Å². The summed E-state index contributed by atoms with van der Waals surface area (Å²) in [5.41, 5.74) is 2.14. The zero-order valence-electron chi connectivity index (χ0n) is 21.8. The zero-order valence-corrected chi connectivity index (χ0v) is 22.6. The van der Waals surface area contributed by atoms with E-state index in [9.17, 15) is 19.2 Å². The van der Waals surface area contributed by atoms with Crippen molar-refractivity contribution in [1.82, 2.24) is 14.5 Å². The lowest BCUT2D eigenvalue weighted by molar-refractivity contribution is -0.126. The van der Waals surface area contributed by atoms with Gasteiger partial charge in [-0.25, -0.2) is 4.79 Å². The molecule has 5 rings (SSSR count). The van der Waals surface area contributed by atoms with Crippen molar-refractivity contribution in [1.29, 1.82) is 0 Å². The van der Waals surface area contributed by atoms with Gasteiger partial charge in [0.15, 0.2) is 0 Å². The number of carbonyl (C=O) groups excluding carboxylic acids is 2. The van der Waals surface area contributed by atoms with Crippen LogP contribution in [0.3, 0.4) is 0 Å². The molecule has 202 valence electrons. The Hall–Kier alpha value is -3.98. The maximum atomic E-state index is 13.7. The average Bonchev–Trinajstić information content (AvgIpc) is 3.47. The first-order valence-electron chi connectivity index (χ1n) is 13.1. The number of carbonyl (C=O) groups is 2. The van der Waals surface area contributed by atoms with Crippen LogP contribution in [-0.2, 0) is 24.4 Å². The normalized spacial score (nSPS) is 17.2. The van der Waals surface area contributed by atoms with Gasteiger partial charge in [-0.15, -0.1) is 11.3 Å². The molecule has 1 N–H and O–H groups in total. The number of aldehydes is 1. The molecular formula is C30H31N3O5S. The van der Waals surface area contributed by atoms with Crippen molar-refractivity contribution >= 4 is 33.7 Å². The Morgan fingerprint density at radius 1 is 1.05 bits per heavy atom. The largest absolute Gasteiger partial charge is 0.496 e. The van der Waals surface area contributed by atoms with E-state index in [1.807, 2.05) is 35.7 Å². The lowest BCUT2D eigenvalue weighted by Gasteiger charge is -2.28. The summed E-state index contributed by atoms with van der Waals surface area (Å²) in [7, 11) is 1.54. The molecule has 0 bridgehead atoms. The van der Waals surface area contributed by atoms with Crippen molar-refractivity contribution in [3.8, 4) is 5.75 Å². The van der Waals surface area contributed by atoms with Crippen molar-refractivity contribution in [3.63, 3.8) is 0 Å². The second-order valence-corrected chi connectivity index (χ2v) is 10.9. The van der Waals surface area contributed by atoms with Gasteiger partial charge in [0.1, 0.15) is 16.7 Å². The fourth-order valence-electron chi connectivity index (χ4n) is 5.41. The third-order valence-electron chi connectivity index (χ3n) is 7.57. The average molecular weight is 546 g/mol. The monoisotopic (exact) mass is 545 g/mol. The van der Waals surface area contributed by atoms with Gasteiger partial charge in [0, 0.05) is 30.1 Å². The molecule has 4 aromatic rings. The number of methoxy groups -OCH3 is 1. The van der Waals surface area contributed by atoms with Gasteiger partial charge in [-0.2, -0.15) is 0 Å². The molecule has 39 heavy (non-hydrogen) atoms. The summed E-state index contributed by atoms with van der Waals surface area (Å²) in [4.78, 5) is 51.1. The van der Waals surface area contributed by atoms with E-state index in [0.717, 1.165) is 37.5 Å². The molecule has 1 fully saturated rings. The van der Waals surface area contributed by atoms with Crippen molar-refractivity contribution in [2.45, 2.75) is 45.3 Å². The molecule has 9 heteroatoms. The molecule has 2 heterocycles. The quantitative estimate of drug-likeness (QED) is 0.318. The fourth-order valence-corrected chi connectivity index (χ4v) is 6.25. The summed E-state index contributed by atoms with van der Waals surface area (Å²) in [6, 6.07) is 16.7. The van der Waals surface area contributed by atoms with E-state index in [1.165, 1.54) is 15.9 Å². The summed E-state index contributed by atoms with van der Waals surface area (Å²) in [5, 5.41) is 4.85. The van der Waals surface area contributed by atoms with Crippen molar-refractivity contribution in [2.75, 3.05) is 7.11 Å². The first kappa shape index (κ1) is 26.6. The Morgan fingerprint density at radius 2 is 1.82 bits per heavy atom. The number of nitrogens with zero attached hydrogens (tertiary/aromatic N) is 2. The molecule has 0 aliphatic heterocycles. The Labute approximate surface area is 229 Å². The minimum absolute atomic E-state index is 0.0586. The maximum absolute atomic E-state index is 13.7. The molecule has 2 aromatic carbocycles. The summed E-state index contributed by atoms with van der Waals surface area (Å²) >= 11 is 1.32. The summed E-state index contributed by atoms with van der Waals surface area (Å²) in [6.45, 7) is 0.997. The first-order chi connectivity index (χ1) is 19.0. The minimum Gasteiger partial charge on any atom is -0.496 e. The predicted molar refractivity (Wildman–Crippen MR) is 152 cm³/mol. The minimum atomic E-state index is -0.382. The second-order valence-electron chi connectivity index (χ2n) is 10.0. The molecule has 1 aliphatic carbocycles. The van der Waals surface area contributed by atoms with Crippen LogP contribution in [0.2, 0.25) is 0 Å². The number of hydrogen-bond acceptors (Lipinski definition) is 6. The van der Waals surface area contributed by atoms with Gasteiger partial charge < -0.3 is 10.1 Å². The zero-order chi connectivity index (χ0) is 27.4. The summed E-state index contributed by atoms with van der Waals surface area (Å²) in [6.07, 6.45) is 3.75. The molecule has 0 unspecified atom stereocenters. The number of fused-ring (bicyclic) bond motifs is 1. The molecule has 0 atom stereocenters. The van der Waals surface area contributed by atoms with E-state index in [2.05, 4.69) is 5.32 Å². The van der Waals surface area contributed by atoms with E-state index in [0.29, 0.717) is 40.2 Å². The number of nitrogens with one attached hydrogen (secondary N) is 1. The van der Waals surface area contributed by atoms with E-state index in [4.69, 9.17) is 4.74 Å².